The first-order chi connectivity index (χ1) is 5.95. The van der Waals surface area contributed by atoms with Gasteiger partial charge < -0.3 is 4.74 Å². The third-order valence-electron chi connectivity index (χ3n) is 2.16. The molecule has 1 aliphatic carbocycles. The Morgan fingerprint density at radius 3 is 2.92 bits per heavy atom. The highest BCUT2D eigenvalue weighted by Gasteiger charge is 2.16. The lowest BCUT2D eigenvalue weighted by Gasteiger charge is -2.10. The standard InChI is InChI=1S/C10H12NO/c1-2-6-9(5-1)12-10-7-3-4-8-11-10/h3-4,8-9H,1-2,5-6H2. The third kappa shape index (κ3) is 1.76. The van der Waals surface area contributed by atoms with Crippen molar-refractivity contribution in [3.05, 3.63) is 24.4 Å². The van der Waals surface area contributed by atoms with Crippen LogP contribution in [0.1, 0.15) is 25.7 Å². The Hall–Kier alpha value is -1.05. The van der Waals surface area contributed by atoms with E-state index in [0.29, 0.717) is 12.0 Å². The Bertz CT molecular complexity index is 229. The van der Waals surface area contributed by atoms with E-state index in [0.717, 1.165) is 0 Å². The van der Waals surface area contributed by atoms with E-state index >= 15 is 0 Å². The Kier molecular flexibility index (Phi) is 2.26. The quantitative estimate of drug-likeness (QED) is 0.665. The third-order valence-corrected chi connectivity index (χ3v) is 2.16. The van der Waals surface area contributed by atoms with Crippen LogP contribution in [-0.4, -0.2) is 11.1 Å². The van der Waals surface area contributed by atoms with E-state index in [-0.39, 0.29) is 0 Å². The zero-order valence-corrected chi connectivity index (χ0v) is 6.99. The molecule has 1 aromatic rings. The van der Waals surface area contributed by atoms with Gasteiger partial charge in [-0.3, -0.25) is 0 Å². The molecule has 1 saturated carbocycles. The Balaban J connectivity index is 1.94. The fourth-order valence-electron chi connectivity index (χ4n) is 1.54. The number of rotatable bonds is 2. The van der Waals surface area contributed by atoms with Gasteiger partial charge in [0, 0.05) is 12.3 Å². The lowest BCUT2D eigenvalue weighted by Crippen LogP contribution is -2.11. The summed E-state index contributed by atoms with van der Waals surface area (Å²) in [5, 5.41) is 0. The van der Waals surface area contributed by atoms with Crippen LogP contribution in [0.25, 0.3) is 0 Å². The maximum atomic E-state index is 5.61. The monoisotopic (exact) mass is 162 g/mol. The van der Waals surface area contributed by atoms with E-state index in [1.807, 2.05) is 12.1 Å². The molecule has 0 atom stereocenters. The summed E-state index contributed by atoms with van der Waals surface area (Å²) in [6.45, 7) is 0. The summed E-state index contributed by atoms with van der Waals surface area (Å²) in [5.41, 5.74) is 0. The summed E-state index contributed by atoms with van der Waals surface area (Å²) in [6.07, 6.45) is 7.04. The highest BCUT2D eigenvalue weighted by atomic mass is 16.5. The summed E-state index contributed by atoms with van der Waals surface area (Å²) in [7, 11) is 0. The minimum absolute atomic E-state index is 0.385. The molecular formula is C10H12NO. The predicted molar refractivity (Wildman–Crippen MR) is 46.0 cm³/mol. The molecule has 2 heteroatoms. The van der Waals surface area contributed by atoms with Gasteiger partial charge in [0.1, 0.15) is 6.10 Å². The Morgan fingerprint density at radius 2 is 2.25 bits per heavy atom. The van der Waals surface area contributed by atoms with Gasteiger partial charge in [0.2, 0.25) is 5.88 Å². The molecule has 0 bridgehead atoms. The van der Waals surface area contributed by atoms with Gasteiger partial charge in [-0.05, 0) is 37.8 Å². The summed E-state index contributed by atoms with van der Waals surface area (Å²) in [5.74, 6) is 0.643. The van der Waals surface area contributed by atoms with Gasteiger partial charge in [0.05, 0.1) is 0 Å². The van der Waals surface area contributed by atoms with E-state index in [9.17, 15) is 0 Å². The van der Waals surface area contributed by atoms with Crippen LogP contribution < -0.4 is 4.74 Å². The van der Waals surface area contributed by atoms with Crippen LogP contribution in [-0.2, 0) is 0 Å². The molecule has 0 saturated heterocycles. The summed E-state index contributed by atoms with van der Waals surface area (Å²) >= 11 is 0. The zero-order chi connectivity index (χ0) is 8.23. The molecular weight excluding hydrogens is 150 g/mol. The largest absolute Gasteiger partial charge is 0.474 e. The second kappa shape index (κ2) is 3.57. The summed E-state index contributed by atoms with van der Waals surface area (Å²) in [4.78, 5) is 4.06. The van der Waals surface area contributed by atoms with Gasteiger partial charge in [0.25, 0.3) is 0 Å². The van der Waals surface area contributed by atoms with Crippen molar-refractivity contribution < 1.29 is 4.74 Å². The Morgan fingerprint density at radius 1 is 1.42 bits per heavy atom. The zero-order valence-electron chi connectivity index (χ0n) is 6.99. The second-order valence-corrected chi connectivity index (χ2v) is 3.11. The van der Waals surface area contributed by atoms with Gasteiger partial charge in [-0.15, -0.1) is 0 Å². The molecule has 2 rings (SSSR count). The van der Waals surface area contributed by atoms with Crippen molar-refractivity contribution in [1.29, 1.82) is 0 Å². The smallest absolute Gasteiger partial charge is 0.221 e. The van der Waals surface area contributed by atoms with E-state index in [4.69, 9.17) is 4.74 Å². The SMILES string of the molecule is [c]1cccnc1OC1CCCC1. The fourth-order valence-corrected chi connectivity index (χ4v) is 1.54. The highest BCUT2D eigenvalue weighted by molar-refractivity contribution is 5.07. The number of hydrogen-bond donors (Lipinski definition) is 0. The molecule has 2 nitrogen and oxygen atoms in total. The maximum Gasteiger partial charge on any atom is 0.221 e. The van der Waals surface area contributed by atoms with Crippen molar-refractivity contribution in [3.8, 4) is 5.88 Å². The normalized spacial score (nSPS) is 18.0. The summed E-state index contributed by atoms with van der Waals surface area (Å²) in [6, 6.07) is 6.64. The van der Waals surface area contributed by atoms with E-state index in [1.54, 1.807) is 6.20 Å². The lowest BCUT2D eigenvalue weighted by molar-refractivity contribution is 0.201. The van der Waals surface area contributed by atoms with Crippen LogP contribution in [0.4, 0.5) is 0 Å². The van der Waals surface area contributed by atoms with Crippen molar-refractivity contribution in [3.63, 3.8) is 0 Å². The number of aromatic nitrogens is 1. The topological polar surface area (TPSA) is 22.1 Å². The van der Waals surface area contributed by atoms with Crippen LogP contribution >= 0.6 is 0 Å². The summed E-state index contributed by atoms with van der Waals surface area (Å²) < 4.78 is 5.61. The molecule has 0 N–H and O–H groups in total. The molecule has 12 heavy (non-hydrogen) atoms. The van der Waals surface area contributed by atoms with Crippen molar-refractivity contribution in [2.75, 3.05) is 0 Å². The maximum absolute atomic E-state index is 5.61. The molecule has 0 spiro atoms. The van der Waals surface area contributed by atoms with Crippen molar-refractivity contribution in [2.45, 2.75) is 31.8 Å². The predicted octanol–water partition coefficient (Wildman–Crippen LogP) is 2.20. The molecule has 0 amide bonds. The van der Waals surface area contributed by atoms with E-state index in [1.165, 1.54) is 25.7 Å². The lowest BCUT2D eigenvalue weighted by atomic mass is 10.3. The van der Waals surface area contributed by atoms with Crippen molar-refractivity contribution in [1.82, 2.24) is 4.98 Å². The van der Waals surface area contributed by atoms with Crippen LogP contribution in [0.2, 0.25) is 0 Å². The van der Waals surface area contributed by atoms with Gasteiger partial charge in [-0.1, -0.05) is 0 Å². The molecule has 1 aromatic heterocycles. The number of nitrogens with zero attached hydrogens (tertiary/aromatic N) is 1. The minimum Gasteiger partial charge on any atom is -0.474 e. The molecule has 0 aromatic carbocycles. The van der Waals surface area contributed by atoms with Gasteiger partial charge in [0.15, 0.2) is 0 Å². The van der Waals surface area contributed by atoms with Crippen LogP contribution in [0.15, 0.2) is 18.3 Å². The van der Waals surface area contributed by atoms with E-state index in [2.05, 4.69) is 11.1 Å². The molecule has 0 aliphatic heterocycles. The molecule has 1 radical (unpaired) electrons. The number of pyridine rings is 1. The van der Waals surface area contributed by atoms with Gasteiger partial charge in [-0.25, -0.2) is 4.98 Å². The fraction of sp³-hybridized carbons (Fsp3) is 0.500. The van der Waals surface area contributed by atoms with Crippen LogP contribution in [0, 0.1) is 6.07 Å². The van der Waals surface area contributed by atoms with Gasteiger partial charge >= 0.3 is 0 Å². The van der Waals surface area contributed by atoms with E-state index < -0.39 is 0 Å². The van der Waals surface area contributed by atoms with Crippen LogP contribution in [0.3, 0.4) is 0 Å². The highest BCUT2D eigenvalue weighted by Crippen LogP contribution is 2.22. The van der Waals surface area contributed by atoms with Crippen LogP contribution in [0.5, 0.6) is 5.88 Å². The van der Waals surface area contributed by atoms with Crippen molar-refractivity contribution in [2.24, 2.45) is 0 Å². The van der Waals surface area contributed by atoms with Crippen molar-refractivity contribution >= 4 is 0 Å². The number of hydrogen-bond acceptors (Lipinski definition) is 2. The van der Waals surface area contributed by atoms with Gasteiger partial charge in [-0.2, -0.15) is 0 Å². The Labute approximate surface area is 72.6 Å². The average Bonchev–Trinajstić information content (AvgIpc) is 2.59. The average molecular weight is 162 g/mol. The first kappa shape index (κ1) is 7.59. The number of ether oxygens (including phenoxy) is 1. The first-order valence-corrected chi connectivity index (χ1v) is 4.44. The molecule has 0 unspecified atom stereocenters. The molecule has 1 heterocycles. The molecule has 63 valence electrons. The molecule has 1 fully saturated rings. The minimum atomic E-state index is 0.385. The molecule has 1 aliphatic rings. The second-order valence-electron chi connectivity index (χ2n) is 3.11. The first-order valence-electron chi connectivity index (χ1n) is 4.44.